The van der Waals surface area contributed by atoms with Crippen LogP contribution in [-0.2, 0) is 4.79 Å². The van der Waals surface area contributed by atoms with Gasteiger partial charge >= 0.3 is 5.84 Å². The minimum Gasteiger partial charge on any atom is -0.507 e. The van der Waals surface area contributed by atoms with E-state index in [0.717, 1.165) is 11.8 Å². The molecule has 0 spiro atoms. The number of nitrogens with two attached hydrogens (primary N) is 1. The highest BCUT2D eigenvalue weighted by Gasteiger charge is 2.31. The molecule has 3 rings (SSSR count). The van der Waals surface area contributed by atoms with Gasteiger partial charge in [0.1, 0.15) is 24.2 Å². The lowest BCUT2D eigenvalue weighted by Gasteiger charge is -2.04. The van der Waals surface area contributed by atoms with Gasteiger partial charge in [0.2, 0.25) is 11.6 Å². The Kier molecular flexibility index (Phi) is 5.89. The molecule has 0 radical (unpaired) electrons. The van der Waals surface area contributed by atoms with E-state index in [2.05, 4.69) is 26.3 Å². The summed E-state index contributed by atoms with van der Waals surface area (Å²) < 4.78 is 15.4. The molecule has 0 atom stereocenters. The summed E-state index contributed by atoms with van der Waals surface area (Å²) >= 11 is 3.09. The average molecular weight is 429 g/mol. The Hall–Kier alpha value is -2.29. The number of aliphatic imine (C=N–C) groups is 1. The molecule has 1 aliphatic rings. The second-order valence-electron chi connectivity index (χ2n) is 5.09. The van der Waals surface area contributed by atoms with E-state index in [1.165, 1.54) is 6.07 Å². The van der Waals surface area contributed by atoms with Crippen molar-refractivity contribution in [3.63, 3.8) is 0 Å². The van der Waals surface area contributed by atoms with Crippen LogP contribution < -0.4 is 11.3 Å². The molecule has 1 amide bonds. The van der Waals surface area contributed by atoms with Gasteiger partial charge in [0, 0.05) is 6.07 Å². The number of carbonyl (C=O) groups is 1. The molecule has 130 valence electrons. The number of nitrogens with zero attached hydrogens (tertiary/aromatic N) is 2. The molecule has 4 N–H and O–H groups in total. The van der Waals surface area contributed by atoms with Crippen LogP contribution in [0.25, 0.3) is 0 Å². The number of nitrogens with one attached hydrogen (secondary N) is 1. The zero-order valence-electron chi connectivity index (χ0n) is 12.7. The van der Waals surface area contributed by atoms with Gasteiger partial charge in [-0.2, -0.15) is 4.58 Å². The first kappa shape index (κ1) is 19.0. The number of aromatic hydroxyl groups is 1. The van der Waals surface area contributed by atoms with Crippen molar-refractivity contribution in [2.45, 2.75) is 6.42 Å². The van der Waals surface area contributed by atoms with Crippen molar-refractivity contribution < 1.29 is 18.9 Å². The average Bonchev–Trinajstić information content (AvgIpc) is 2.90. The Morgan fingerprint density at radius 2 is 2.12 bits per heavy atom. The number of halogens is 3. The third-order valence-corrected chi connectivity index (χ3v) is 4.09. The first-order chi connectivity index (χ1) is 11.5. The van der Waals surface area contributed by atoms with Crippen molar-refractivity contribution in [1.82, 2.24) is 5.43 Å². The highest BCUT2D eigenvalue weighted by molar-refractivity contribution is 9.10. The summed E-state index contributed by atoms with van der Waals surface area (Å²) in [6, 6.07) is 9.77. The number of amides is 1. The molecule has 0 aromatic heterocycles. The van der Waals surface area contributed by atoms with Crippen LogP contribution in [-0.4, -0.2) is 27.6 Å². The number of carbonyl (C=O) groups excluding carboxylic acids is 1. The van der Waals surface area contributed by atoms with E-state index in [-0.39, 0.29) is 29.1 Å². The summed E-state index contributed by atoms with van der Waals surface area (Å²) in [6.45, 7) is 0. The normalized spacial score (nSPS) is 13.9. The van der Waals surface area contributed by atoms with E-state index in [9.17, 15) is 14.3 Å². The zero-order chi connectivity index (χ0) is 17.3. The number of hydrogen-bond acceptors (Lipinski definition) is 4. The van der Waals surface area contributed by atoms with Crippen LogP contribution in [0.4, 0.5) is 15.8 Å². The van der Waals surface area contributed by atoms with Gasteiger partial charge in [0.05, 0.1) is 10.0 Å². The van der Waals surface area contributed by atoms with E-state index in [0.29, 0.717) is 17.1 Å². The molecule has 9 heteroatoms. The number of rotatable bonds is 3. The van der Waals surface area contributed by atoms with Gasteiger partial charge in [0.25, 0.3) is 0 Å². The summed E-state index contributed by atoms with van der Waals surface area (Å²) in [7, 11) is 0. The number of para-hydroxylation sites is 2. The van der Waals surface area contributed by atoms with Gasteiger partial charge in [-0.15, -0.1) is 12.4 Å². The highest BCUT2D eigenvalue weighted by atomic mass is 79.9. The Bertz CT molecular complexity index is 902. The SMILES string of the molecule is Cl.NNC(=O)CC1=Nc2ccccc2[N+]1=Cc1cc(Br)c(F)cc1O. The molecule has 25 heavy (non-hydrogen) atoms. The number of hydrazine groups is 1. The van der Waals surface area contributed by atoms with Crippen LogP contribution in [0.15, 0.2) is 45.9 Å². The Morgan fingerprint density at radius 3 is 2.84 bits per heavy atom. The lowest BCUT2D eigenvalue weighted by Crippen LogP contribution is -2.33. The second kappa shape index (κ2) is 7.73. The fraction of sp³-hybridized carbons (Fsp3) is 0.0625. The molecule has 0 aliphatic carbocycles. The van der Waals surface area contributed by atoms with Gasteiger partial charge < -0.3 is 5.11 Å². The predicted octanol–water partition coefficient (Wildman–Crippen LogP) is 2.90. The number of phenols is 1. The summed E-state index contributed by atoms with van der Waals surface area (Å²) in [4.78, 5) is 16.0. The molecular weight excluding hydrogens is 415 g/mol. The minimum atomic E-state index is -0.567. The molecule has 0 fully saturated rings. The third-order valence-electron chi connectivity index (χ3n) is 3.49. The molecule has 6 nitrogen and oxygen atoms in total. The van der Waals surface area contributed by atoms with E-state index in [1.54, 1.807) is 10.8 Å². The van der Waals surface area contributed by atoms with Gasteiger partial charge in [-0.1, -0.05) is 12.1 Å². The molecule has 2 aromatic rings. The topological polar surface area (TPSA) is 90.7 Å². The number of amidine groups is 1. The number of fused-ring (bicyclic) bond motifs is 1. The first-order valence-corrected chi connectivity index (χ1v) is 7.77. The number of phenolic OH excluding ortho intramolecular Hbond substituents is 1. The van der Waals surface area contributed by atoms with Crippen molar-refractivity contribution in [2.24, 2.45) is 10.8 Å². The quantitative estimate of drug-likeness (QED) is 0.304. The van der Waals surface area contributed by atoms with Crippen molar-refractivity contribution in [1.29, 1.82) is 0 Å². The van der Waals surface area contributed by atoms with Gasteiger partial charge in [-0.25, -0.2) is 10.2 Å². The van der Waals surface area contributed by atoms with Crippen LogP contribution in [0.2, 0.25) is 0 Å². The number of hydrogen-bond donors (Lipinski definition) is 3. The highest BCUT2D eigenvalue weighted by Crippen LogP contribution is 2.34. The smallest absolute Gasteiger partial charge is 0.314 e. The number of benzene rings is 2. The van der Waals surface area contributed by atoms with Gasteiger partial charge in [0.15, 0.2) is 5.69 Å². The molecule has 1 heterocycles. The van der Waals surface area contributed by atoms with E-state index >= 15 is 0 Å². The van der Waals surface area contributed by atoms with Crippen LogP contribution in [0.5, 0.6) is 5.75 Å². The molecule has 1 aliphatic heterocycles. The van der Waals surface area contributed by atoms with Crippen molar-refractivity contribution in [3.05, 3.63) is 52.3 Å². The third kappa shape index (κ3) is 3.87. The zero-order valence-corrected chi connectivity index (χ0v) is 15.1. The Labute approximate surface area is 157 Å². The van der Waals surface area contributed by atoms with Crippen LogP contribution in [0, 0.1) is 5.82 Å². The molecule has 2 aromatic carbocycles. The summed E-state index contributed by atoms with van der Waals surface area (Å²) in [6.07, 6.45) is 1.55. The first-order valence-electron chi connectivity index (χ1n) is 6.97. The Balaban J connectivity index is 0.00000225. The second-order valence-corrected chi connectivity index (χ2v) is 5.94. The van der Waals surface area contributed by atoms with E-state index < -0.39 is 11.7 Å². The molecule has 0 bridgehead atoms. The van der Waals surface area contributed by atoms with Gasteiger partial charge in [-0.3, -0.25) is 10.2 Å². The largest absolute Gasteiger partial charge is 0.507 e. The molecule has 0 unspecified atom stereocenters. The molecular formula is C16H14BrClFN4O2+. The summed E-state index contributed by atoms with van der Waals surface area (Å²) in [5, 5.41) is 9.98. The molecule has 0 saturated heterocycles. The minimum absolute atomic E-state index is 0. The fourth-order valence-electron chi connectivity index (χ4n) is 2.35. The van der Waals surface area contributed by atoms with Crippen LogP contribution >= 0.6 is 28.3 Å². The fourth-order valence-corrected chi connectivity index (χ4v) is 2.71. The predicted molar refractivity (Wildman–Crippen MR) is 98.6 cm³/mol. The van der Waals surface area contributed by atoms with Crippen LogP contribution in [0.3, 0.4) is 0 Å². The van der Waals surface area contributed by atoms with Crippen LogP contribution in [0.1, 0.15) is 12.0 Å². The maximum atomic E-state index is 13.5. The van der Waals surface area contributed by atoms with Crippen molar-refractivity contribution >= 4 is 57.7 Å². The summed E-state index contributed by atoms with van der Waals surface area (Å²) in [5.74, 6) is 4.40. The Morgan fingerprint density at radius 1 is 1.40 bits per heavy atom. The van der Waals surface area contributed by atoms with E-state index in [4.69, 9.17) is 5.84 Å². The van der Waals surface area contributed by atoms with Crippen molar-refractivity contribution in [2.75, 3.05) is 0 Å². The maximum absolute atomic E-state index is 13.5. The standard InChI is InChI=1S/C16H12BrFN4O2.ClH/c17-10-5-9(14(23)6-11(10)18)8-22-13-4-2-1-3-12(13)20-15(22)7-16(24)21-19;/h1-6,8H,7,19H2,(H,21,24);1H/p+1. The van der Waals surface area contributed by atoms with E-state index in [1.807, 2.05) is 24.3 Å². The molecule has 0 saturated carbocycles. The lowest BCUT2D eigenvalue weighted by atomic mass is 10.2. The maximum Gasteiger partial charge on any atom is 0.314 e. The van der Waals surface area contributed by atoms with Gasteiger partial charge in [-0.05, 0) is 39.1 Å². The monoisotopic (exact) mass is 427 g/mol. The lowest BCUT2D eigenvalue weighted by molar-refractivity contribution is -0.296. The summed E-state index contributed by atoms with van der Waals surface area (Å²) in [5.41, 5.74) is 3.88. The van der Waals surface area contributed by atoms with Crippen molar-refractivity contribution in [3.8, 4) is 5.75 Å².